The van der Waals surface area contributed by atoms with E-state index in [4.69, 9.17) is 0 Å². The van der Waals surface area contributed by atoms with Crippen molar-refractivity contribution in [3.05, 3.63) is 30.1 Å². The molecule has 0 bridgehead atoms. The van der Waals surface area contributed by atoms with Crippen LogP contribution in [0.4, 0.5) is 10.1 Å². The van der Waals surface area contributed by atoms with Crippen molar-refractivity contribution in [2.75, 3.05) is 51.2 Å². The van der Waals surface area contributed by atoms with Crippen molar-refractivity contribution in [3.8, 4) is 6.07 Å². The largest absolute Gasteiger partial charge is 0.366 e. The highest BCUT2D eigenvalue weighted by molar-refractivity contribution is 5.92. The van der Waals surface area contributed by atoms with Gasteiger partial charge in [-0.15, -0.1) is 0 Å². The van der Waals surface area contributed by atoms with Crippen LogP contribution in [-0.2, 0) is 0 Å². The molecule has 28 heavy (non-hydrogen) atoms. The van der Waals surface area contributed by atoms with Gasteiger partial charge in [-0.05, 0) is 57.6 Å². The number of alkyl halides is 1. The van der Waals surface area contributed by atoms with Crippen molar-refractivity contribution in [1.82, 2.24) is 20.2 Å². The summed E-state index contributed by atoms with van der Waals surface area (Å²) < 4.78 is 14.9. The average Bonchev–Trinajstić information content (AvgIpc) is 3.09. The Balaban J connectivity index is 1.45. The molecule has 2 fully saturated rings. The van der Waals surface area contributed by atoms with Crippen LogP contribution in [0.25, 0.3) is 11.0 Å². The van der Waals surface area contributed by atoms with E-state index in [-0.39, 0.29) is 5.92 Å². The molecular weight excluding hydrogens is 355 g/mol. The van der Waals surface area contributed by atoms with Gasteiger partial charge in [-0.1, -0.05) is 0 Å². The van der Waals surface area contributed by atoms with E-state index in [2.05, 4.69) is 31.2 Å². The zero-order valence-electron chi connectivity index (χ0n) is 16.3. The quantitative estimate of drug-likeness (QED) is 0.855. The second-order valence-corrected chi connectivity index (χ2v) is 7.98. The third-order valence-electron chi connectivity index (χ3n) is 6.12. The molecule has 148 valence electrons. The Morgan fingerprint density at radius 1 is 1.18 bits per heavy atom. The summed E-state index contributed by atoms with van der Waals surface area (Å²) in [5, 5.41) is 12.6. The van der Waals surface area contributed by atoms with Crippen molar-refractivity contribution in [1.29, 1.82) is 5.26 Å². The van der Waals surface area contributed by atoms with Gasteiger partial charge in [0.2, 0.25) is 0 Å². The molecule has 0 radical (unpaired) electrons. The molecule has 1 aromatic heterocycles. The number of piperidine rings is 1. The standard InChI is InChI=1S/C21H27FN6/c1-24-11-15-4-8-27(9-5-15)12-17-13-28(14-18(17)22)19-3-2-16(10-23)20-21(19)26-7-6-25-20/h2-3,6-7,15,17-18,24H,4-5,8-9,11-14H2,1H3/t17-,18?/m0/s1. The first kappa shape index (κ1) is 19.0. The molecule has 7 heteroatoms. The summed E-state index contributed by atoms with van der Waals surface area (Å²) in [6.45, 7) is 5.04. The number of benzene rings is 1. The van der Waals surface area contributed by atoms with Crippen LogP contribution in [0.15, 0.2) is 24.5 Å². The topological polar surface area (TPSA) is 68.1 Å². The first-order valence-electron chi connectivity index (χ1n) is 10.1. The molecule has 0 saturated carbocycles. The van der Waals surface area contributed by atoms with Gasteiger partial charge >= 0.3 is 0 Å². The van der Waals surface area contributed by atoms with Gasteiger partial charge in [0.05, 0.1) is 11.3 Å². The Kier molecular flexibility index (Phi) is 5.69. The lowest BCUT2D eigenvalue weighted by Gasteiger charge is -2.33. The lowest BCUT2D eigenvalue weighted by atomic mass is 9.95. The molecule has 2 aliphatic heterocycles. The van der Waals surface area contributed by atoms with E-state index >= 15 is 0 Å². The van der Waals surface area contributed by atoms with Crippen LogP contribution in [0.5, 0.6) is 0 Å². The predicted octanol–water partition coefficient (Wildman–Crippen LogP) is 2.21. The van der Waals surface area contributed by atoms with E-state index in [9.17, 15) is 9.65 Å². The molecule has 0 amide bonds. The van der Waals surface area contributed by atoms with Crippen molar-refractivity contribution in [2.24, 2.45) is 11.8 Å². The molecule has 3 heterocycles. The van der Waals surface area contributed by atoms with Crippen LogP contribution in [0, 0.1) is 23.2 Å². The number of aromatic nitrogens is 2. The fourth-order valence-electron chi connectivity index (χ4n) is 4.58. The molecule has 6 nitrogen and oxygen atoms in total. The maximum Gasteiger partial charge on any atom is 0.123 e. The molecular formula is C21H27FN6. The van der Waals surface area contributed by atoms with Crippen LogP contribution >= 0.6 is 0 Å². The number of nitriles is 1. The summed E-state index contributed by atoms with van der Waals surface area (Å²) >= 11 is 0. The molecule has 2 atom stereocenters. The van der Waals surface area contributed by atoms with Gasteiger partial charge in [0.15, 0.2) is 0 Å². The van der Waals surface area contributed by atoms with Crippen LogP contribution in [0.2, 0.25) is 0 Å². The Bertz CT molecular complexity index is 858. The van der Waals surface area contributed by atoms with Crippen LogP contribution in [0.1, 0.15) is 18.4 Å². The number of likely N-dealkylation sites (tertiary alicyclic amines) is 1. The van der Waals surface area contributed by atoms with Gasteiger partial charge in [0, 0.05) is 37.9 Å². The summed E-state index contributed by atoms with van der Waals surface area (Å²) in [6, 6.07) is 5.81. The molecule has 4 rings (SSSR count). The van der Waals surface area contributed by atoms with Gasteiger partial charge in [0.1, 0.15) is 23.3 Å². The molecule has 1 aromatic carbocycles. The van der Waals surface area contributed by atoms with Crippen molar-refractivity contribution in [3.63, 3.8) is 0 Å². The van der Waals surface area contributed by atoms with Gasteiger partial charge in [-0.2, -0.15) is 5.26 Å². The normalized spacial score (nSPS) is 24.0. The Hall–Kier alpha value is -2.30. The second-order valence-electron chi connectivity index (χ2n) is 7.98. The summed E-state index contributed by atoms with van der Waals surface area (Å²) in [4.78, 5) is 13.2. The summed E-state index contributed by atoms with van der Waals surface area (Å²) in [7, 11) is 2.00. The van der Waals surface area contributed by atoms with E-state index < -0.39 is 6.17 Å². The number of anilines is 1. The van der Waals surface area contributed by atoms with Crippen LogP contribution < -0.4 is 10.2 Å². The maximum atomic E-state index is 14.9. The average molecular weight is 382 g/mol. The van der Waals surface area contributed by atoms with Gasteiger partial charge < -0.3 is 15.1 Å². The number of rotatable bonds is 5. The fraction of sp³-hybridized carbons (Fsp3) is 0.571. The van der Waals surface area contributed by atoms with Gasteiger partial charge in [-0.25, -0.2) is 4.39 Å². The van der Waals surface area contributed by atoms with Gasteiger partial charge in [0.25, 0.3) is 0 Å². The Morgan fingerprint density at radius 2 is 1.93 bits per heavy atom. The lowest BCUT2D eigenvalue weighted by Crippen LogP contribution is -2.41. The van der Waals surface area contributed by atoms with E-state index in [1.165, 1.54) is 12.8 Å². The number of nitrogens with one attached hydrogen (secondary N) is 1. The van der Waals surface area contributed by atoms with Gasteiger partial charge in [-0.3, -0.25) is 9.97 Å². The molecule has 2 aromatic rings. The summed E-state index contributed by atoms with van der Waals surface area (Å²) in [5.74, 6) is 0.745. The highest BCUT2D eigenvalue weighted by Gasteiger charge is 2.35. The first-order chi connectivity index (χ1) is 13.7. The SMILES string of the molecule is CNCC1CCN(C[C@H]2CN(c3ccc(C#N)c4nccnc34)CC2F)CC1. The van der Waals surface area contributed by atoms with E-state index in [1.54, 1.807) is 18.5 Å². The fourth-order valence-corrected chi connectivity index (χ4v) is 4.58. The van der Waals surface area contributed by atoms with E-state index in [1.807, 2.05) is 13.1 Å². The molecule has 2 saturated heterocycles. The van der Waals surface area contributed by atoms with Crippen LogP contribution in [-0.4, -0.2) is 67.4 Å². The zero-order chi connectivity index (χ0) is 19.5. The third kappa shape index (κ3) is 3.80. The first-order valence-corrected chi connectivity index (χ1v) is 10.1. The molecule has 1 N–H and O–H groups in total. The summed E-state index contributed by atoms with van der Waals surface area (Å²) in [6.07, 6.45) is 4.74. The molecule has 1 unspecified atom stereocenters. The lowest BCUT2D eigenvalue weighted by molar-refractivity contribution is 0.140. The molecule has 0 spiro atoms. The number of hydrogen-bond acceptors (Lipinski definition) is 6. The highest BCUT2D eigenvalue weighted by atomic mass is 19.1. The Labute approximate surface area is 165 Å². The minimum atomic E-state index is -0.850. The minimum absolute atomic E-state index is 0.00298. The second kappa shape index (κ2) is 8.38. The number of nitrogens with zero attached hydrogens (tertiary/aromatic N) is 5. The molecule has 2 aliphatic rings. The predicted molar refractivity (Wildman–Crippen MR) is 108 cm³/mol. The molecule has 0 aliphatic carbocycles. The summed E-state index contributed by atoms with van der Waals surface area (Å²) in [5.41, 5.74) is 2.65. The number of halogens is 1. The highest BCUT2D eigenvalue weighted by Crippen LogP contribution is 2.32. The third-order valence-corrected chi connectivity index (χ3v) is 6.12. The number of fused-ring (bicyclic) bond motifs is 1. The van der Waals surface area contributed by atoms with Crippen LogP contribution in [0.3, 0.4) is 0 Å². The van der Waals surface area contributed by atoms with Crippen molar-refractivity contribution >= 4 is 16.7 Å². The minimum Gasteiger partial charge on any atom is -0.366 e. The Morgan fingerprint density at radius 3 is 2.64 bits per heavy atom. The van der Waals surface area contributed by atoms with Crippen molar-refractivity contribution in [2.45, 2.75) is 19.0 Å². The smallest absolute Gasteiger partial charge is 0.123 e. The van der Waals surface area contributed by atoms with Crippen molar-refractivity contribution < 1.29 is 4.39 Å². The maximum absolute atomic E-state index is 14.9. The van der Waals surface area contributed by atoms with E-state index in [0.29, 0.717) is 29.7 Å². The van der Waals surface area contributed by atoms with E-state index in [0.717, 1.165) is 37.8 Å². The number of hydrogen-bond donors (Lipinski definition) is 1. The zero-order valence-corrected chi connectivity index (χ0v) is 16.3. The monoisotopic (exact) mass is 382 g/mol.